The van der Waals surface area contributed by atoms with Crippen LogP contribution in [0.4, 0.5) is 14.5 Å². The van der Waals surface area contributed by atoms with Crippen LogP contribution in [0.5, 0.6) is 0 Å². The summed E-state index contributed by atoms with van der Waals surface area (Å²) in [6, 6.07) is 3.49. The van der Waals surface area contributed by atoms with Crippen molar-refractivity contribution < 1.29 is 17.2 Å². The molecule has 0 spiro atoms. The van der Waals surface area contributed by atoms with Crippen LogP contribution in [-0.2, 0) is 10.0 Å². The van der Waals surface area contributed by atoms with Crippen molar-refractivity contribution in [3.8, 4) is 0 Å². The van der Waals surface area contributed by atoms with Crippen LogP contribution in [0.15, 0.2) is 23.2 Å². The fourth-order valence-corrected chi connectivity index (χ4v) is 3.57. The van der Waals surface area contributed by atoms with Gasteiger partial charge in [-0.05, 0) is 32.4 Å². The van der Waals surface area contributed by atoms with E-state index in [4.69, 9.17) is 0 Å². The van der Waals surface area contributed by atoms with E-state index >= 15 is 0 Å². The molecule has 0 aromatic heterocycles. The van der Waals surface area contributed by atoms with Gasteiger partial charge < -0.3 is 15.1 Å². The number of nitrogens with one attached hydrogen (secondary N) is 2. The lowest BCUT2D eigenvalue weighted by Gasteiger charge is -2.37. The van der Waals surface area contributed by atoms with Crippen LogP contribution in [-0.4, -0.2) is 70.8 Å². The van der Waals surface area contributed by atoms with Crippen molar-refractivity contribution in [2.45, 2.75) is 20.3 Å². The number of benzene rings is 1. The maximum atomic E-state index is 14.0. The van der Waals surface area contributed by atoms with Crippen LogP contribution in [0.1, 0.15) is 20.3 Å². The van der Waals surface area contributed by atoms with Gasteiger partial charge in [-0.15, -0.1) is 24.0 Å². The van der Waals surface area contributed by atoms with Gasteiger partial charge >= 0.3 is 0 Å². The Hall–Kier alpha value is -1.21. The number of nitrogens with zero attached hydrogens (tertiary/aromatic N) is 3. The van der Waals surface area contributed by atoms with Crippen LogP contribution in [0.25, 0.3) is 0 Å². The van der Waals surface area contributed by atoms with Crippen molar-refractivity contribution in [2.24, 2.45) is 4.99 Å². The smallest absolute Gasteiger partial charge is 0.211 e. The molecule has 1 aromatic rings. The Kier molecular flexibility index (Phi) is 11.1. The summed E-state index contributed by atoms with van der Waals surface area (Å²) in [4.78, 5) is 8.46. The van der Waals surface area contributed by atoms with Crippen molar-refractivity contribution in [2.75, 3.05) is 56.5 Å². The van der Waals surface area contributed by atoms with Gasteiger partial charge in [0.15, 0.2) is 5.96 Å². The predicted octanol–water partition coefficient (Wildman–Crippen LogP) is 2.00. The van der Waals surface area contributed by atoms with E-state index in [1.807, 2.05) is 11.8 Å². The third-order valence-electron chi connectivity index (χ3n) is 4.46. The highest BCUT2D eigenvalue weighted by Gasteiger charge is 2.22. The standard InChI is InChI=1S/C18H29F2N5O2S.HI/c1-3-21-18(22-8-5-9-23-28(26,27)4-2)25-12-10-24(11-13-25)17-14-15(19)6-7-16(17)20;/h6-7,14,23H,3-5,8-13H2,1-2H3,(H,21,22);1H. The molecule has 29 heavy (non-hydrogen) atoms. The fourth-order valence-electron chi connectivity index (χ4n) is 2.91. The van der Waals surface area contributed by atoms with Crippen molar-refractivity contribution in [1.29, 1.82) is 0 Å². The van der Waals surface area contributed by atoms with Crippen LogP contribution in [0.3, 0.4) is 0 Å². The minimum Gasteiger partial charge on any atom is -0.366 e. The molecule has 1 aromatic carbocycles. The van der Waals surface area contributed by atoms with Gasteiger partial charge in [0.25, 0.3) is 0 Å². The van der Waals surface area contributed by atoms with E-state index in [0.29, 0.717) is 52.2 Å². The third-order valence-corrected chi connectivity index (χ3v) is 5.87. The second kappa shape index (κ2) is 12.5. The minimum absolute atomic E-state index is 0. The van der Waals surface area contributed by atoms with Crippen LogP contribution in [0, 0.1) is 11.6 Å². The number of piperazine rings is 1. The number of halogens is 3. The van der Waals surface area contributed by atoms with Gasteiger partial charge in [-0.2, -0.15) is 0 Å². The molecule has 0 aliphatic carbocycles. The second-order valence-electron chi connectivity index (χ2n) is 6.46. The summed E-state index contributed by atoms with van der Waals surface area (Å²) in [5, 5.41) is 3.23. The molecule has 2 N–H and O–H groups in total. The van der Waals surface area contributed by atoms with Crippen molar-refractivity contribution in [3.63, 3.8) is 0 Å². The van der Waals surface area contributed by atoms with Gasteiger partial charge in [0.1, 0.15) is 11.6 Å². The summed E-state index contributed by atoms with van der Waals surface area (Å²) >= 11 is 0. The lowest BCUT2D eigenvalue weighted by Crippen LogP contribution is -2.52. The van der Waals surface area contributed by atoms with E-state index in [1.165, 1.54) is 6.07 Å². The molecular weight excluding hydrogens is 515 g/mol. The molecular formula is C18H30F2IN5O2S. The number of hydrogen-bond donors (Lipinski definition) is 2. The highest BCUT2D eigenvalue weighted by atomic mass is 127. The first kappa shape index (κ1) is 25.8. The monoisotopic (exact) mass is 545 g/mol. The SMILES string of the molecule is CCNC(=NCCCNS(=O)(=O)CC)N1CCN(c2cc(F)ccc2F)CC1.I. The maximum Gasteiger partial charge on any atom is 0.211 e. The molecule has 0 bridgehead atoms. The summed E-state index contributed by atoms with van der Waals surface area (Å²) in [7, 11) is -3.18. The average molecular weight is 545 g/mol. The summed E-state index contributed by atoms with van der Waals surface area (Å²) in [5.74, 6) is -0.0626. The van der Waals surface area contributed by atoms with Gasteiger partial charge in [-0.3, -0.25) is 4.99 Å². The normalized spacial score (nSPS) is 15.2. The van der Waals surface area contributed by atoms with Crippen LogP contribution >= 0.6 is 24.0 Å². The maximum absolute atomic E-state index is 14.0. The largest absolute Gasteiger partial charge is 0.366 e. The molecule has 1 heterocycles. The zero-order valence-electron chi connectivity index (χ0n) is 16.8. The Morgan fingerprint density at radius 2 is 1.86 bits per heavy atom. The van der Waals surface area contributed by atoms with Crippen molar-refractivity contribution in [3.05, 3.63) is 29.8 Å². The van der Waals surface area contributed by atoms with E-state index < -0.39 is 21.7 Å². The predicted molar refractivity (Wildman–Crippen MR) is 124 cm³/mol. The molecule has 1 saturated heterocycles. The minimum atomic E-state index is -3.18. The highest BCUT2D eigenvalue weighted by molar-refractivity contribution is 14.0. The van der Waals surface area contributed by atoms with Crippen LogP contribution < -0.4 is 14.9 Å². The number of guanidine groups is 1. The topological polar surface area (TPSA) is 77.0 Å². The van der Waals surface area contributed by atoms with Gasteiger partial charge in [-0.25, -0.2) is 21.9 Å². The van der Waals surface area contributed by atoms with E-state index in [-0.39, 0.29) is 35.4 Å². The summed E-state index contributed by atoms with van der Waals surface area (Å²) in [6.45, 7) is 7.50. The first-order valence-corrected chi connectivity index (χ1v) is 11.2. The van der Waals surface area contributed by atoms with E-state index in [9.17, 15) is 17.2 Å². The molecule has 1 fully saturated rings. The number of rotatable bonds is 8. The van der Waals surface area contributed by atoms with Gasteiger partial charge in [0.05, 0.1) is 11.4 Å². The lowest BCUT2D eigenvalue weighted by atomic mass is 10.2. The average Bonchev–Trinajstić information content (AvgIpc) is 2.69. The summed E-state index contributed by atoms with van der Waals surface area (Å²) < 4.78 is 52.8. The molecule has 11 heteroatoms. The zero-order valence-corrected chi connectivity index (χ0v) is 20.0. The molecule has 0 saturated carbocycles. The van der Waals surface area contributed by atoms with E-state index in [1.54, 1.807) is 6.92 Å². The number of aliphatic imine (C=N–C) groups is 1. The Balaban J connectivity index is 0.00000420. The van der Waals surface area contributed by atoms with Gasteiger partial charge in [0, 0.05) is 51.9 Å². The Morgan fingerprint density at radius 1 is 1.17 bits per heavy atom. The number of sulfonamides is 1. The second-order valence-corrected chi connectivity index (χ2v) is 8.55. The molecule has 0 unspecified atom stereocenters. The number of hydrogen-bond acceptors (Lipinski definition) is 4. The molecule has 7 nitrogen and oxygen atoms in total. The molecule has 1 aliphatic heterocycles. The molecule has 0 amide bonds. The van der Waals surface area contributed by atoms with E-state index in [0.717, 1.165) is 18.1 Å². The first-order chi connectivity index (χ1) is 13.4. The van der Waals surface area contributed by atoms with Crippen molar-refractivity contribution in [1.82, 2.24) is 14.9 Å². The van der Waals surface area contributed by atoms with Crippen molar-refractivity contribution >= 4 is 45.6 Å². The molecule has 2 rings (SSSR count). The Labute approximate surface area is 189 Å². The summed E-state index contributed by atoms with van der Waals surface area (Å²) in [5.41, 5.74) is 0.282. The Bertz CT molecular complexity index is 772. The summed E-state index contributed by atoms with van der Waals surface area (Å²) in [6.07, 6.45) is 0.600. The highest BCUT2D eigenvalue weighted by Crippen LogP contribution is 2.21. The quantitative estimate of drug-likeness (QED) is 0.226. The van der Waals surface area contributed by atoms with Gasteiger partial charge in [0.2, 0.25) is 10.0 Å². The van der Waals surface area contributed by atoms with Crippen LogP contribution in [0.2, 0.25) is 0 Å². The number of anilines is 1. The van der Waals surface area contributed by atoms with Gasteiger partial charge in [-0.1, -0.05) is 0 Å². The molecule has 0 radical (unpaired) electrons. The molecule has 1 aliphatic rings. The Morgan fingerprint density at radius 3 is 2.48 bits per heavy atom. The third kappa shape index (κ3) is 8.21. The lowest BCUT2D eigenvalue weighted by molar-refractivity contribution is 0.370. The van der Waals surface area contributed by atoms with E-state index in [2.05, 4.69) is 19.9 Å². The first-order valence-electron chi connectivity index (χ1n) is 9.57. The fraction of sp³-hybridized carbons (Fsp3) is 0.611. The molecule has 0 atom stereocenters. The zero-order chi connectivity index (χ0) is 20.6. The molecule has 166 valence electrons.